The van der Waals surface area contributed by atoms with Gasteiger partial charge in [-0.05, 0) is 24.6 Å². The molecule has 0 saturated carbocycles. The number of nitrogens with zero attached hydrogens (tertiary/aromatic N) is 1. The molecule has 0 aliphatic carbocycles. The molecule has 2 rings (SSSR count). The normalized spacial score (nSPS) is 14.1. The van der Waals surface area contributed by atoms with E-state index in [0.29, 0.717) is 10.2 Å². The van der Waals surface area contributed by atoms with E-state index in [0.717, 1.165) is 30.9 Å². The van der Waals surface area contributed by atoms with Crippen molar-refractivity contribution < 1.29 is 27.5 Å². The maximum absolute atomic E-state index is 13.6. The van der Waals surface area contributed by atoms with Gasteiger partial charge in [-0.2, -0.15) is 13.2 Å². The molecule has 0 aliphatic heterocycles. The monoisotopic (exact) mass is 361 g/mol. The molecule has 0 saturated heterocycles. The van der Waals surface area contributed by atoms with E-state index in [2.05, 4.69) is 9.72 Å². The number of fused-ring (bicyclic) bond motifs is 1. The van der Waals surface area contributed by atoms with E-state index >= 15 is 0 Å². The Morgan fingerprint density at radius 3 is 2.50 bits per heavy atom. The van der Waals surface area contributed by atoms with Gasteiger partial charge in [-0.15, -0.1) is 0 Å². The van der Waals surface area contributed by atoms with Gasteiger partial charge >= 0.3 is 17.8 Å². The first-order valence-electron chi connectivity index (χ1n) is 6.68. The summed E-state index contributed by atoms with van der Waals surface area (Å²) < 4.78 is 45.6. The Hall–Kier alpha value is -2.36. The van der Waals surface area contributed by atoms with Gasteiger partial charge in [0.1, 0.15) is 0 Å². The number of benzene rings is 1. The van der Waals surface area contributed by atoms with Crippen LogP contribution < -0.4 is 10.6 Å². The number of aromatic nitrogens is 1. The first kappa shape index (κ1) is 18.0. The van der Waals surface area contributed by atoms with E-state index in [9.17, 15) is 22.8 Å². The lowest BCUT2D eigenvalue weighted by molar-refractivity contribution is -0.206. The lowest BCUT2D eigenvalue weighted by Crippen LogP contribution is -2.69. The van der Waals surface area contributed by atoms with E-state index in [-0.39, 0.29) is 5.13 Å². The first-order chi connectivity index (χ1) is 11.1. The van der Waals surface area contributed by atoms with Crippen LogP contribution in [0.2, 0.25) is 0 Å². The molecule has 10 heteroatoms. The molecule has 1 heterocycles. The molecule has 0 aliphatic rings. The summed E-state index contributed by atoms with van der Waals surface area (Å²) in [5.74, 6) is -2.75. The molecular weight excluding hydrogens is 347 g/mol. The molecule has 1 atom stereocenters. The summed E-state index contributed by atoms with van der Waals surface area (Å²) in [5.41, 5.74) is -2.04. The molecule has 1 aromatic heterocycles. The van der Waals surface area contributed by atoms with E-state index in [1.54, 1.807) is 23.5 Å². The number of ether oxygens (including phenoxy) is 1. The van der Waals surface area contributed by atoms with Crippen LogP contribution in [0, 0.1) is 6.92 Å². The third-order valence-corrected chi connectivity index (χ3v) is 4.05. The standard InChI is InChI=1S/C14H14F3N3O3S/c1-7-4-5-9-10(6-7)24-12(18-9)20-13(11(22)23-3,14(15,16)17)19-8(2)21/h4-6H,1-3H3,(H,18,20)(H,19,21)/t13-/m1/s1. The number of halogens is 3. The minimum absolute atomic E-state index is 0.174. The topological polar surface area (TPSA) is 80.3 Å². The zero-order valence-corrected chi connectivity index (χ0v) is 13.8. The molecule has 24 heavy (non-hydrogen) atoms. The molecule has 6 nitrogen and oxygen atoms in total. The van der Waals surface area contributed by atoms with Crippen molar-refractivity contribution in [3.63, 3.8) is 0 Å². The number of hydrogen-bond acceptors (Lipinski definition) is 6. The number of alkyl halides is 3. The average molecular weight is 361 g/mol. The fourth-order valence-corrected chi connectivity index (χ4v) is 3.07. The summed E-state index contributed by atoms with van der Waals surface area (Å²) in [4.78, 5) is 27.1. The zero-order valence-electron chi connectivity index (χ0n) is 12.9. The second-order valence-corrected chi connectivity index (χ2v) is 6.07. The fraction of sp³-hybridized carbons (Fsp3) is 0.357. The van der Waals surface area contributed by atoms with Crippen LogP contribution in [0.25, 0.3) is 10.2 Å². The van der Waals surface area contributed by atoms with Gasteiger partial charge in [-0.1, -0.05) is 17.4 Å². The molecule has 0 fully saturated rings. The largest absolute Gasteiger partial charge is 0.466 e. The van der Waals surface area contributed by atoms with Gasteiger partial charge in [0.25, 0.3) is 0 Å². The Morgan fingerprint density at radius 1 is 1.29 bits per heavy atom. The smallest absolute Gasteiger partial charge is 0.442 e. The molecule has 1 amide bonds. The van der Waals surface area contributed by atoms with Crippen molar-refractivity contribution in [1.82, 2.24) is 10.3 Å². The van der Waals surface area contributed by atoms with Crippen LogP contribution in [-0.2, 0) is 14.3 Å². The Labute approximate surface area is 139 Å². The number of amides is 1. The summed E-state index contributed by atoms with van der Waals surface area (Å²) >= 11 is 0.928. The molecule has 2 aromatic rings. The van der Waals surface area contributed by atoms with Gasteiger partial charge in [-0.3, -0.25) is 4.79 Å². The van der Waals surface area contributed by atoms with Crippen LogP contribution in [0.3, 0.4) is 0 Å². The highest BCUT2D eigenvalue weighted by atomic mass is 32.1. The van der Waals surface area contributed by atoms with Crippen LogP contribution in [-0.4, -0.2) is 35.8 Å². The van der Waals surface area contributed by atoms with Gasteiger partial charge in [0.2, 0.25) is 5.91 Å². The number of aryl methyl sites for hydroxylation is 1. The quantitative estimate of drug-likeness (QED) is 0.646. The van der Waals surface area contributed by atoms with Crippen molar-refractivity contribution in [2.45, 2.75) is 25.7 Å². The Balaban J connectivity index is 2.53. The summed E-state index contributed by atoms with van der Waals surface area (Å²) in [6, 6.07) is 5.17. The second-order valence-electron chi connectivity index (χ2n) is 5.04. The molecule has 0 spiro atoms. The van der Waals surface area contributed by atoms with E-state index in [1.165, 1.54) is 0 Å². The molecule has 2 N–H and O–H groups in total. The van der Waals surface area contributed by atoms with Gasteiger partial charge in [0.05, 0.1) is 17.3 Å². The summed E-state index contributed by atoms with van der Waals surface area (Å²) in [6.07, 6.45) is -5.15. The van der Waals surface area contributed by atoms with Crippen molar-refractivity contribution in [3.8, 4) is 0 Å². The lowest BCUT2D eigenvalue weighted by Gasteiger charge is -2.33. The van der Waals surface area contributed by atoms with Crippen molar-refractivity contribution in [3.05, 3.63) is 23.8 Å². The summed E-state index contributed by atoms with van der Waals surface area (Å²) in [5, 5.41) is 3.43. The van der Waals surface area contributed by atoms with Crippen molar-refractivity contribution >= 4 is 38.6 Å². The molecule has 0 bridgehead atoms. The van der Waals surface area contributed by atoms with E-state index in [4.69, 9.17) is 0 Å². The number of carbonyl (C=O) groups is 2. The number of anilines is 1. The minimum Gasteiger partial charge on any atom is -0.466 e. The third-order valence-electron chi connectivity index (χ3n) is 3.12. The third kappa shape index (κ3) is 3.28. The number of esters is 1. The zero-order chi connectivity index (χ0) is 18.1. The van der Waals surface area contributed by atoms with Crippen molar-refractivity contribution in [2.75, 3.05) is 12.4 Å². The van der Waals surface area contributed by atoms with Crippen molar-refractivity contribution in [1.29, 1.82) is 0 Å². The number of methoxy groups -OCH3 is 1. The predicted molar refractivity (Wildman–Crippen MR) is 82.6 cm³/mol. The number of hydrogen-bond donors (Lipinski definition) is 2. The van der Waals surface area contributed by atoms with Crippen molar-refractivity contribution in [2.24, 2.45) is 0 Å². The maximum Gasteiger partial charge on any atom is 0.442 e. The number of nitrogens with one attached hydrogen (secondary N) is 2. The highest BCUT2D eigenvalue weighted by Gasteiger charge is 2.63. The van der Waals surface area contributed by atoms with Gasteiger partial charge in [0, 0.05) is 6.92 Å². The van der Waals surface area contributed by atoms with Crippen LogP contribution in [0.5, 0.6) is 0 Å². The number of rotatable bonds is 4. The number of carbonyl (C=O) groups excluding carboxylic acids is 2. The predicted octanol–water partition coefficient (Wildman–Crippen LogP) is 2.58. The number of thiazole rings is 1. The summed E-state index contributed by atoms with van der Waals surface area (Å²) in [7, 11) is 0.800. The molecule has 0 radical (unpaired) electrons. The van der Waals surface area contributed by atoms with Crippen LogP contribution in [0.1, 0.15) is 12.5 Å². The minimum atomic E-state index is -5.15. The fourth-order valence-electron chi connectivity index (χ4n) is 2.05. The van der Waals surface area contributed by atoms with Crippen LogP contribution >= 0.6 is 11.3 Å². The van der Waals surface area contributed by atoms with Crippen LogP contribution in [0.15, 0.2) is 18.2 Å². The first-order valence-corrected chi connectivity index (χ1v) is 7.50. The molecule has 1 aromatic carbocycles. The SMILES string of the molecule is COC(=O)[C@@](NC(C)=O)(Nc1nc2ccc(C)cc2s1)C(F)(F)F. The van der Waals surface area contributed by atoms with Crippen LogP contribution in [0.4, 0.5) is 18.3 Å². The Bertz CT molecular complexity index is 790. The van der Waals surface area contributed by atoms with E-state index in [1.807, 2.05) is 12.2 Å². The maximum atomic E-state index is 13.6. The second kappa shape index (κ2) is 6.27. The summed E-state index contributed by atoms with van der Waals surface area (Å²) in [6.45, 7) is 2.70. The molecule has 0 unspecified atom stereocenters. The molecule has 130 valence electrons. The highest BCUT2D eigenvalue weighted by Crippen LogP contribution is 2.35. The molecular formula is C14H14F3N3O3S. The average Bonchev–Trinajstić information content (AvgIpc) is 2.85. The Morgan fingerprint density at radius 2 is 1.96 bits per heavy atom. The van der Waals surface area contributed by atoms with Gasteiger partial charge in [-0.25, -0.2) is 9.78 Å². The highest BCUT2D eigenvalue weighted by molar-refractivity contribution is 7.22. The van der Waals surface area contributed by atoms with E-state index < -0.39 is 23.7 Å². The Kier molecular flexibility index (Phi) is 4.70. The van der Waals surface area contributed by atoms with Gasteiger partial charge < -0.3 is 15.4 Å². The van der Waals surface area contributed by atoms with Gasteiger partial charge in [0.15, 0.2) is 5.13 Å². The lowest BCUT2D eigenvalue weighted by atomic mass is 10.1.